The molecule has 2 rings (SSSR count). The van der Waals surface area contributed by atoms with E-state index in [1.54, 1.807) is 36.4 Å². The van der Waals surface area contributed by atoms with Gasteiger partial charge in [-0.1, -0.05) is 32.9 Å². The van der Waals surface area contributed by atoms with Gasteiger partial charge in [-0.05, 0) is 42.2 Å². The molecule has 124 valence electrons. The van der Waals surface area contributed by atoms with Gasteiger partial charge in [-0.15, -0.1) is 10.2 Å². The molecule has 2 aromatic rings. The standard InChI is InChI=1S/C16H22N4O2S/c1-4-13-5-7-14(8-6-13)23(21,22)20-16-10-9-15(18-19-16)17-11-12(2)3/h5-10,12H,4,11H2,1-3H3,(H,17,18)(H,19,20). The predicted molar refractivity (Wildman–Crippen MR) is 92.0 cm³/mol. The second-order valence-corrected chi connectivity index (χ2v) is 7.36. The summed E-state index contributed by atoms with van der Waals surface area (Å²) in [6.07, 6.45) is 0.865. The second-order valence-electron chi connectivity index (χ2n) is 5.68. The lowest BCUT2D eigenvalue weighted by Gasteiger charge is -2.09. The minimum atomic E-state index is -3.65. The first-order chi connectivity index (χ1) is 10.9. The Labute approximate surface area is 137 Å². The number of hydrogen-bond acceptors (Lipinski definition) is 5. The minimum absolute atomic E-state index is 0.194. The summed E-state index contributed by atoms with van der Waals surface area (Å²) in [6.45, 7) is 6.98. The molecule has 0 fully saturated rings. The highest BCUT2D eigenvalue weighted by atomic mass is 32.2. The van der Waals surface area contributed by atoms with Crippen LogP contribution in [-0.4, -0.2) is 25.2 Å². The van der Waals surface area contributed by atoms with Crippen molar-refractivity contribution in [1.82, 2.24) is 10.2 Å². The molecule has 1 aromatic carbocycles. The van der Waals surface area contributed by atoms with Crippen LogP contribution in [0.3, 0.4) is 0 Å². The van der Waals surface area contributed by atoms with Crippen LogP contribution in [0.1, 0.15) is 26.3 Å². The van der Waals surface area contributed by atoms with Crippen LogP contribution in [0.25, 0.3) is 0 Å². The Balaban J connectivity index is 2.07. The molecule has 2 N–H and O–H groups in total. The third kappa shape index (κ3) is 4.92. The molecule has 1 heterocycles. The van der Waals surface area contributed by atoms with Gasteiger partial charge in [-0.3, -0.25) is 4.72 Å². The third-order valence-electron chi connectivity index (χ3n) is 3.24. The van der Waals surface area contributed by atoms with E-state index in [1.807, 2.05) is 6.92 Å². The summed E-state index contributed by atoms with van der Waals surface area (Å²) in [5.41, 5.74) is 1.09. The first kappa shape index (κ1) is 17.2. The summed E-state index contributed by atoms with van der Waals surface area (Å²) in [4.78, 5) is 0.207. The van der Waals surface area contributed by atoms with Crippen molar-refractivity contribution >= 4 is 21.7 Å². The number of benzene rings is 1. The summed E-state index contributed by atoms with van der Waals surface area (Å²) >= 11 is 0. The Morgan fingerprint density at radius 3 is 2.13 bits per heavy atom. The Kier molecular flexibility index (Phi) is 5.54. The van der Waals surface area contributed by atoms with Gasteiger partial charge in [0.05, 0.1) is 4.90 Å². The third-order valence-corrected chi connectivity index (χ3v) is 4.61. The maximum Gasteiger partial charge on any atom is 0.263 e. The van der Waals surface area contributed by atoms with E-state index in [4.69, 9.17) is 0 Å². The molecular weight excluding hydrogens is 312 g/mol. The zero-order valence-electron chi connectivity index (χ0n) is 13.6. The largest absolute Gasteiger partial charge is 0.368 e. The SMILES string of the molecule is CCc1ccc(S(=O)(=O)Nc2ccc(NCC(C)C)nn2)cc1. The molecule has 0 aliphatic heterocycles. The Bertz CT molecular complexity index is 726. The molecule has 0 saturated carbocycles. The molecular formula is C16H22N4O2S. The van der Waals surface area contributed by atoms with Gasteiger partial charge in [0.15, 0.2) is 5.82 Å². The molecule has 0 unspecified atom stereocenters. The maximum atomic E-state index is 12.3. The molecule has 7 heteroatoms. The lowest BCUT2D eigenvalue weighted by molar-refractivity contribution is 0.601. The second kappa shape index (κ2) is 7.41. The van der Waals surface area contributed by atoms with Crippen LogP contribution >= 0.6 is 0 Å². The number of nitrogens with one attached hydrogen (secondary N) is 2. The number of nitrogens with zero attached hydrogens (tertiary/aromatic N) is 2. The van der Waals surface area contributed by atoms with Crippen LogP contribution in [0.5, 0.6) is 0 Å². The topological polar surface area (TPSA) is 84.0 Å². The Morgan fingerprint density at radius 1 is 1.00 bits per heavy atom. The normalized spacial score (nSPS) is 11.5. The van der Waals surface area contributed by atoms with E-state index in [2.05, 4.69) is 34.1 Å². The van der Waals surface area contributed by atoms with Crippen LogP contribution in [0.15, 0.2) is 41.3 Å². The van der Waals surface area contributed by atoms with Crippen molar-refractivity contribution in [3.63, 3.8) is 0 Å². The average molecular weight is 334 g/mol. The molecule has 0 bridgehead atoms. The smallest absolute Gasteiger partial charge is 0.263 e. The summed E-state index contributed by atoms with van der Waals surface area (Å²) in [7, 11) is -3.65. The lowest BCUT2D eigenvalue weighted by atomic mass is 10.2. The first-order valence-electron chi connectivity index (χ1n) is 7.60. The van der Waals surface area contributed by atoms with Gasteiger partial charge in [0.25, 0.3) is 10.0 Å². The van der Waals surface area contributed by atoms with Crippen molar-refractivity contribution in [2.75, 3.05) is 16.6 Å². The van der Waals surface area contributed by atoms with Crippen LogP contribution in [0.4, 0.5) is 11.6 Å². The quantitative estimate of drug-likeness (QED) is 0.813. The molecule has 0 aliphatic rings. The van der Waals surface area contributed by atoms with Crippen molar-refractivity contribution in [1.29, 1.82) is 0 Å². The average Bonchev–Trinajstić information content (AvgIpc) is 2.54. The van der Waals surface area contributed by atoms with Gasteiger partial charge in [-0.25, -0.2) is 8.42 Å². The van der Waals surface area contributed by atoms with E-state index < -0.39 is 10.0 Å². The van der Waals surface area contributed by atoms with Crippen LogP contribution in [0, 0.1) is 5.92 Å². The molecule has 6 nitrogen and oxygen atoms in total. The lowest BCUT2D eigenvalue weighted by Crippen LogP contribution is -2.15. The van der Waals surface area contributed by atoms with Crippen LogP contribution < -0.4 is 10.0 Å². The van der Waals surface area contributed by atoms with E-state index in [1.165, 1.54) is 0 Å². The van der Waals surface area contributed by atoms with Gasteiger partial charge < -0.3 is 5.32 Å². The van der Waals surface area contributed by atoms with Crippen molar-refractivity contribution in [3.8, 4) is 0 Å². The highest BCUT2D eigenvalue weighted by molar-refractivity contribution is 7.92. The minimum Gasteiger partial charge on any atom is -0.368 e. The first-order valence-corrected chi connectivity index (χ1v) is 9.08. The summed E-state index contributed by atoms with van der Waals surface area (Å²) in [6, 6.07) is 10.1. The fourth-order valence-electron chi connectivity index (χ4n) is 1.89. The van der Waals surface area contributed by atoms with Crippen molar-refractivity contribution in [2.24, 2.45) is 5.92 Å². The molecule has 0 saturated heterocycles. The zero-order valence-corrected chi connectivity index (χ0v) is 14.4. The number of anilines is 2. The van der Waals surface area contributed by atoms with Gasteiger partial charge >= 0.3 is 0 Å². The van der Waals surface area contributed by atoms with E-state index in [0.717, 1.165) is 18.5 Å². The van der Waals surface area contributed by atoms with Gasteiger partial charge in [0, 0.05) is 6.54 Å². The van der Waals surface area contributed by atoms with Gasteiger partial charge in [0.1, 0.15) is 5.82 Å². The molecule has 1 aromatic heterocycles. The molecule has 0 amide bonds. The maximum absolute atomic E-state index is 12.3. The Morgan fingerprint density at radius 2 is 1.61 bits per heavy atom. The molecule has 0 aliphatic carbocycles. The number of aromatic nitrogens is 2. The van der Waals surface area contributed by atoms with Crippen molar-refractivity contribution in [3.05, 3.63) is 42.0 Å². The van der Waals surface area contributed by atoms with Crippen molar-refractivity contribution in [2.45, 2.75) is 32.1 Å². The molecule has 23 heavy (non-hydrogen) atoms. The number of aryl methyl sites for hydroxylation is 1. The molecule has 0 radical (unpaired) electrons. The monoisotopic (exact) mass is 334 g/mol. The summed E-state index contributed by atoms with van der Waals surface area (Å²) < 4.78 is 27.0. The molecule has 0 atom stereocenters. The van der Waals surface area contributed by atoms with E-state index in [-0.39, 0.29) is 10.7 Å². The zero-order chi connectivity index (χ0) is 16.9. The van der Waals surface area contributed by atoms with E-state index in [0.29, 0.717) is 11.7 Å². The fraction of sp³-hybridized carbons (Fsp3) is 0.375. The summed E-state index contributed by atoms with van der Waals surface area (Å²) in [5, 5.41) is 11.0. The van der Waals surface area contributed by atoms with E-state index >= 15 is 0 Å². The predicted octanol–water partition coefficient (Wildman–Crippen LogP) is 2.91. The Hall–Kier alpha value is -2.15. The highest BCUT2D eigenvalue weighted by Gasteiger charge is 2.14. The van der Waals surface area contributed by atoms with Crippen LogP contribution in [0.2, 0.25) is 0 Å². The number of rotatable bonds is 7. The van der Waals surface area contributed by atoms with E-state index in [9.17, 15) is 8.42 Å². The van der Waals surface area contributed by atoms with Crippen LogP contribution in [-0.2, 0) is 16.4 Å². The number of hydrogen-bond donors (Lipinski definition) is 2. The fourth-order valence-corrected chi connectivity index (χ4v) is 2.89. The van der Waals surface area contributed by atoms with Crippen molar-refractivity contribution < 1.29 is 8.42 Å². The summed E-state index contributed by atoms with van der Waals surface area (Å²) in [5.74, 6) is 1.30. The van der Waals surface area contributed by atoms with Gasteiger partial charge in [-0.2, -0.15) is 0 Å². The number of sulfonamides is 1. The molecule has 0 spiro atoms. The highest BCUT2D eigenvalue weighted by Crippen LogP contribution is 2.16. The van der Waals surface area contributed by atoms with Gasteiger partial charge in [0.2, 0.25) is 0 Å².